The van der Waals surface area contributed by atoms with E-state index in [-0.39, 0.29) is 0 Å². The molecule has 0 bridgehead atoms. The third kappa shape index (κ3) is 5.08. The van der Waals surface area contributed by atoms with Gasteiger partial charge in [-0.1, -0.05) is 12.1 Å². The van der Waals surface area contributed by atoms with Crippen LogP contribution >= 0.6 is 11.3 Å². The number of thiazole rings is 1. The minimum atomic E-state index is -4.26. The number of aryl methyl sites for hydroxylation is 1. The second kappa shape index (κ2) is 8.71. The van der Waals surface area contributed by atoms with Gasteiger partial charge in [0.25, 0.3) is 0 Å². The van der Waals surface area contributed by atoms with Crippen molar-refractivity contribution in [1.29, 1.82) is 0 Å². The molecule has 2 aromatic carbocycles. The molecule has 0 atom stereocenters. The van der Waals surface area contributed by atoms with E-state index in [2.05, 4.69) is 38.5 Å². The smallest absolute Gasteiger partial charge is 0.369 e. The van der Waals surface area contributed by atoms with Crippen LogP contribution in [0.4, 0.5) is 18.9 Å². The van der Waals surface area contributed by atoms with Crippen molar-refractivity contribution >= 4 is 27.2 Å². The molecular weight excluding hydrogens is 395 g/mol. The second-order valence-corrected chi connectivity index (χ2v) is 8.26. The van der Waals surface area contributed by atoms with Crippen LogP contribution in [0.25, 0.3) is 10.2 Å². The van der Waals surface area contributed by atoms with Gasteiger partial charge in [0.2, 0.25) is 0 Å². The molecule has 1 aliphatic heterocycles. The zero-order chi connectivity index (χ0) is 20.3. The van der Waals surface area contributed by atoms with E-state index in [1.165, 1.54) is 22.5 Å². The molecule has 3 aromatic rings. The summed E-state index contributed by atoms with van der Waals surface area (Å²) >= 11 is 1.55. The summed E-state index contributed by atoms with van der Waals surface area (Å²) in [7, 11) is 0. The van der Waals surface area contributed by atoms with Crippen molar-refractivity contribution in [1.82, 2.24) is 9.88 Å². The summed E-state index contributed by atoms with van der Waals surface area (Å²) in [6.45, 7) is 5.12. The summed E-state index contributed by atoms with van der Waals surface area (Å²) in [6, 6.07) is 11.9. The predicted molar refractivity (Wildman–Crippen MR) is 111 cm³/mol. The highest BCUT2D eigenvalue weighted by molar-refractivity contribution is 7.16. The summed E-state index contributed by atoms with van der Waals surface area (Å²) < 4.78 is 39.0. The minimum absolute atomic E-state index is 0.577. The highest BCUT2D eigenvalue weighted by Gasteiger charge is 2.29. The van der Waals surface area contributed by atoms with E-state index in [9.17, 15) is 13.2 Å². The van der Waals surface area contributed by atoms with E-state index in [1.807, 2.05) is 0 Å². The first-order chi connectivity index (χ1) is 14.0. The fraction of sp³-hybridized carbons (Fsp3) is 0.409. The molecule has 1 radical (unpaired) electrons. The number of aromatic nitrogens is 1. The van der Waals surface area contributed by atoms with E-state index in [4.69, 9.17) is 0 Å². The summed E-state index contributed by atoms with van der Waals surface area (Å²) in [4.78, 5) is 9.10. The Kier molecular flexibility index (Phi) is 6.06. The van der Waals surface area contributed by atoms with Gasteiger partial charge in [0.1, 0.15) is 0 Å². The maximum absolute atomic E-state index is 12.6. The van der Waals surface area contributed by atoms with Gasteiger partial charge >= 0.3 is 6.18 Å². The van der Waals surface area contributed by atoms with Crippen LogP contribution in [-0.2, 0) is 12.6 Å². The Labute approximate surface area is 172 Å². The number of unbranched alkanes of at least 4 members (excludes halogenated alkanes) is 1. The molecule has 1 aliphatic rings. The van der Waals surface area contributed by atoms with Crippen molar-refractivity contribution in [2.45, 2.75) is 25.4 Å². The van der Waals surface area contributed by atoms with Crippen molar-refractivity contribution < 1.29 is 13.2 Å². The molecule has 0 amide bonds. The number of piperazine rings is 1. The Morgan fingerprint density at radius 1 is 0.966 bits per heavy atom. The fourth-order valence-corrected chi connectivity index (χ4v) is 4.39. The zero-order valence-electron chi connectivity index (χ0n) is 16.1. The van der Waals surface area contributed by atoms with E-state index in [0.717, 1.165) is 63.1 Å². The van der Waals surface area contributed by atoms with E-state index in [0.29, 0.717) is 0 Å². The first-order valence-electron chi connectivity index (χ1n) is 9.89. The third-order valence-electron chi connectivity index (χ3n) is 5.47. The van der Waals surface area contributed by atoms with Crippen molar-refractivity contribution in [2.75, 3.05) is 37.6 Å². The molecule has 0 saturated carbocycles. The zero-order valence-corrected chi connectivity index (χ0v) is 16.9. The van der Waals surface area contributed by atoms with E-state index < -0.39 is 11.7 Å². The normalized spacial score (nSPS) is 15.9. The predicted octanol–water partition coefficient (Wildman–Crippen LogP) is 5.26. The molecule has 0 unspecified atom stereocenters. The van der Waals surface area contributed by atoms with Crippen molar-refractivity contribution in [3.05, 3.63) is 59.1 Å². The molecule has 0 spiro atoms. The van der Waals surface area contributed by atoms with Gasteiger partial charge in [0, 0.05) is 31.9 Å². The van der Waals surface area contributed by atoms with Crippen LogP contribution in [0.5, 0.6) is 0 Å². The van der Waals surface area contributed by atoms with Crippen molar-refractivity contribution in [3.8, 4) is 0 Å². The van der Waals surface area contributed by atoms with Crippen LogP contribution in [0.3, 0.4) is 0 Å². The summed E-state index contributed by atoms with van der Waals surface area (Å²) in [5.41, 5.74) is 5.59. The third-order valence-corrected chi connectivity index (χ3v) is 6.20. The number of hydrogen-bond donors (Lipinski definition) is 0. The molecule has 4 rings (SSSR count). The van der Waals surface area contributed by atoms with Crippen LogP contribution in [0, 0.1) is 5.51 Å². The Morgan fingerprint density at radius 2 is 1.72 bits per heavy atom. The Balaban J connectivity index is 1.18. The summed E-state index contributed by atoms with van der Waals surface area (Å²) in [6.07, 6.45) is -1.39. The first kappa shape index (κ1) is 20.2. The number of nitrogens with zero attached hydrogens (tertiary/aromatic N) is 3. The average molecular weight is 419 g/mol. The number of hydrogen-bond acceptors (Lipinski definition) is 4. The molecule has 153 valence electrons. The Morgan fingerprint density at radius 3 is 2.45 bits per heavy atom. The van der Waals surface area contributed by atoms with Crippen LogP contribution in [0.15, 0.2) is 42.5 Å². The van der Waals surface area contributed by atoms with Gasteiger partial charge in [-0.05, 0) is 61.7 Å². The lowest BCUT2D eigenvalue weighted by Gasteiger charge is -2.36. The number of anilines is 1. The van der Waals surface area contributed by atoms with Gasteiger partial charge in [0.05, 0.1) is 15.8 Å². The SMILES string of the molecule is FC(F)(F)c1ccc(CCCCN2CCN(c3ccc4n[c]sc4c3)CC2)cc1. The molecule has 0 aliphatic carbocycles. The van der Waals surface area contributed by atoms with Gasteiger partial charge < -0.3 is 4.90 Å². The molecule has 2 heterocycles. The first-order valence-corrected chi connectivity index (χ1v) is 10.7. The molecule has 0 N–H and O–H groups in total. The van der Waals surface area contributed by atoms with Gasteiger partial charge in [0.15, 0.2) is 5.51 Å². The monoisotopic (exact) mass is 418 g/mol. The Hall–Kier alpha value is -2.12. The summed E-state index contributed by atoms with van der Waals surface area (Å²) in [5, 5.41) is 0. The maximum atomic E-state index is 12.6. The van der Waals surface area contributed by atoms with E-state index >= 15 is 0 Å². The highest BCUT2D eigenvalue weighted by Crippen LogP contribution is 2.29. The maximum Gasteiger partial charge on any atom is 0.416 e. The standard InChI is InChI=1S/C22H23F3N3S/c23-22(24,25)18-6-4-17(5-7-18)3-1-2-10-27-11-13-28(14-12-27)19-8-9-20-21(15-19)29-16-26-20/h4-9,15H,1-3,10-14H2. The number of benzene rings is 2. The average Bonchev–Trinajstić information content (AvgIpc) is 3.19. The highest BCUT2D eigenvalue weighted by atomic mass is 32.1. The summed E-state index contributed by atoms with van der Waals surface area (Å²) in [5.74, 6) is 0. The number of fused-ring (bicyclic) bond motifs is 1. The number of halogens is 3. The number of rotatable bonds is 6. The fourth-order valence-electron chi connectivity index (χ4n) is 3.75. The van der Waals surface area contributed by atoms with Gasteiger partial charge in [-0.15, -0.1) is 11.3 Å². The molecule has 1 saturated heterocycles. The second-order valence-electron chi connectivity index (χ2n) is 7.44. The topological polar surface area (TPSA) is 19.4 Å². The quantitative estimate of drug-likeness (QED) is 0.509. The molecule has 1 fully saturated rings. The van der Waals surface area contributed by atoms with Crippen LogP contribution in [0.2, 0.25) is 0 Å². The van der Waals surface area contributed by atoms with Crippen molar-refractivity contribution in [2.24, 2.45) is 0 Å². The van der Waals surface area contributed by atoms with Gasteiger partial charge in [-0.25, -0.2) is 4.98 Å². The molecule has 3 nitrogen and oxygen atoms in total. The molecule has 7 heteroatoms. The lowest BCUT2D eigenvalue weighted by atomic mass is 10.1. The van der Waals surface area contributed by atoms with Crippen LogP contribution in [-0.4, -0.2) is 42.6 Å². The van der Waals surface area contributed by atoms with Crippen LogP contribution in [0.1, 0.15) is 24.0 Å². The lowest BCUT2D eigenvalue weighted by Crippen LogP contribution is -2.46. The largest absolute Gasteiger partial charge is 0.416 e. The minimum Gasteiger partial charge on any atom is -0.369 e. The molecule has 29 heavy (non-hydrogen) atoms. The lowest BCUT2D eigenvalue weighted by molar-refractivity contribution is -0.137. The molecular formula is C22H23F3N3S. The Bertz CT molecular complexity index is 928. The van der Waals surface area contributed by atoms with Crippen LogP contribution < -0.4 is 4.90 Å². The molecule has 1 aromatic heterocycles. The van der Waals surface area contributed by atoms with Crippen molar-refractivity contribution in [3.63, 3.8) is 0 Å². The van der Waals surface area contributed by atoms with Gasteiger partial charge in [-0.3, -0.25) is 4.90 Å². The van der Waals surface area contributed by atoms with E-state index in [1.54, 1.807) is 23.5 Å². The van der Waals surface area contributed by atoms with Gasteiger partial charge in [-0.2, -0.15) is 13.2 Å². The number of alkyl halides is 3.